The Morgan fingerprint density at radius 2 is 2.00 bits per heavy atom. The van der Waals surface area contributed by atoms with Crippen molar-refractivity contribution in [3.05, 3.63) is 11.6 Å². The summed E-state index contributed by atoms with van der Waals surface area (Å²) in [6.45, 7) is 9.04. The van der Waals surface area contributed by atoms with Gasteiger partial charge >= 0.3 is 0 Å². The molecular weight excluding hydrogens is 132 g/mol. The molecule has 1 unspecified atom stereocenters. The normalized spacial score (nSPS) is 15.1. The van der Waals surface area contributed by atoms with Crippen LogP contribution in [0.5, 0.6) is 0 Å². The average molecular weight is 154 g/mol. The Bertz CT molecular complexity index is 111. The lowest BCUT2D eigenvalue weighted by molar-refractivity contribution is 0.515. The van der Waals surface area contributed by atoms with Gasteiger partial charge in [0.1, 0.15) is 0 Å². The number of hydrogen-bond donors (Lipinski definition) is 0. The van der Waals surface area contributed by atoms with Gasteiger partial charge in [0.25, 0.3) is 0 Å². The first-order valence-corrected chi connectivity index (χ1v) is 4.86. The van der Waals surface area contributed by atoms with Crippen molar-refractivity contribution >= 4 is 0 Å². The lowest BCUT2D eigenvalue weighted by atomic mass is 9.99. The van der Waals surface area contributed by atoms with Crippen LogP contribution in [0.25, 0.3) is 0 Å². The zero-order valence-electron chi connectivity index (χ0n) is 8.48. The third-order valence-electron chi connectivity index (χ3n) is 2.28. The van der Waals surface area contributed by atoms with Crippen LogP contribution in [-0.4, -0.2) is 0 Å². The Labute approximate surface area is 71.7 Å². The van der Waals surface area contributed by atoms with Crippen molar-refractivity contribution < 1.29 is 0 Å². The molecule has 0 spiro atoms. The fourth-order valence-corrected chi connectivity index (χ4v) is 1.13. The molecule has 0 aromatic rings. The fraction of sp³-hybridized carbons (Fsp3) is 0.818. The predicted octanol–water partition coefficient (Wildman–Crippen LogP) is 4.17. The highest BCUT2D eigenvalue weighted by Crippen LogP contribution is 2.14. The van der Waals surface area contributed by atoms with E-state index in [0.29, 0.717) is 0 Å². The summed E-state index contributed by atoms with van der Waals surface area (Å²) in [6.07, 6.45) is 7.50. The van der Waals surface area contributed by atoms with Crippen molar-refractivity contribution in [2.45, 2.75) is 53.4 Å². The van der Waals surface area contributed by atoms with Gasteiger partial charge in [0.15, 0.2) is 0 Å². The van der Waals surface area contributed by atoms with Crippen LogP contribution in [0.1, 0.15) is 53.4 Å². The molecule has 0 saturated heterocycles. The van der Waals surface area contributed by atoms with Crippen LogP contribution in [-0.2, 0) is 0 Å². The molecule has 0 heterocycles. The van der Waals surface area contributed by atoms with Crippen LogP contribution in [0, 0.1) is 5.92 Å². The molecule has 0 bridgehead atoms. The topological polar surface area (TPSA) is 0 Å². The van der Waals surface area contributed by atoms with Gasteiger partial charge in [0.2, 0.25) is 0 Å². The molecule has 0 aliphatic heterocycles. The van der Waals surface area contributed by atoms with E-state index in [-0.39, 0.29) is 0 Å². The highest BCUT2D eigenvalue weighted by atomic mass is 14.0. The summed E-state index contributed by atoms with van der Waals surface area (Å²) in [6, 6.07) is 0. The Morgan fingerprint density at radius 3 is 2.45 bits per heavy atom. The Morgan fingerprint density at radius 1 is 1.36 bits per heavy atom. The molecule has 0 N–H and O–H groups in total. The van der Waals surface area contributed by atoms with E-state index in [1.807, 2.05) is 0 Å². The smallest absolute Gasteiger partial charge is 0.0321 e. The first-order chi connectivity index (χ1) is 5.20. The fourth-order valence-electron chi connectivity index (χ4n) is 1.13. The molecule has 0 aromatic heterocycles. The Kier molecular flexibility index (Phi) is 6.30. The average Bonchev–Trinajstić information content (AvgIpc) is 2.01. The Balaban J connectivity index is 3.45. The maximum absolute atomic E-state index is 2.34. The molecule has 0 aliphatic carbocycles. The minimum Gasteiger partial charge on any atom is -0.0859 e. The van der Waals surface area contributed by atoms with Gasteiger partial charge < -0.3 is 0 Å². The van der Waals surface area contributed by atoms with Crippen LogP contribution < -0.4 is 0 Å². The van der Waals surface area contributed by atoms with Crippen molar-refractivity contribution in [1.29, 1.82) is 0 Å². The van der Waals surface area contributed by atoms with E-state index in [1.165, 1.54) is 25.7 Å². The van der Waals surface area contributed by atoms with Crippen LogP contribution >= 0.6 is 0 Å². The van der Waals surface area contributed by atoms with Crippen LogP contribution in [0.2, 0.25) is 0 Å². The lowest BCUT2D eigenvalue weighted by Gasteiger charge is -2.07. The maximum Gasteiger partial charge on any atom is -0.0321 e. The molecule has 0 saturated carbocycles. The second-order valence-corrected chi connectivity index (χ2v) is 3.51. The molecule has 1 atom stereocenters. The Hall–Kier alpha value is -0.260. The van der Waals surface area contributed by atoms with E-state index >= 15 is 0 Å². The van der Waals surface area contributed by atoms with E-state index < -0.39 is 0 Å². The van der Waals surface area contributed by atoms with Crippen LogP contribution in [0.3, 0.4) is 0 Å². The minimum atomic E-state index is 0.898. The highest BCUT2D eigenvalue weighted by Gasteiger charge is 1.97. The van der Waals surface area contributed by atoms with E-state index in [0.717, 1.165) is 5.92 Å². The van der Waals surface area contributed by atoms with Gasteiger partial charge in [0, 0.05) is 0 Å². The third kappa shape index (κ3) is 6.15. The van der Waals surface area contributed by atoms with Crippen molar-refractivity contribution in [2.24, 2.45) is 5.92 Å². The quantitative estimate of drug-likeness (QED) is 0.521. The van der Waals surface area contributed by atoms with Gasteiger partial charge in [-0.2, -0.15) is 0 Å². The van der Waals surface area contributed by atoms with E-state index in [4.69, 9.17) is 0 Å². The van der Waals surface area contributed by atoms with Gasteiger partial charge in [-0.15, -0.1) is 0 Å². The maximum atomic E-state index is 2.34. The molecule has 0 amide bonds. The second kappa shape index (κ2) is 6.45. The van der Waals surface area contributed by atoms with Gasteiger partial charge in [-0.05, 0) is 32.1 Å². The number of hydrogen-bond acceptors (Lipinski definition) is 0. The molecular formula is C11H22. The lowest BCUT2D eigenvalue weighted by Crippen LogP contribution is -1.91. The molecule has 0 fully saturated rings. The van der Waals surface area contributed by atoms with Crippen LogP contribution in [0.4, 0.5) is 0 Å². The minimum absolute atomic E-state index is 0.898. The molecule has 0 rings (SSSR count). The molecule has 0 radical (unpaired) electrons. The van der Waals surface area contributed by atoms with Crippen LogP contribution in [0.15, 0.2) is 11.6 Å². The molecule has 0 nitrogen and oxygen atoms in total. The molecule has 0 aliphatic rings. The van der Waals surface area contributed by atoms with Crippen molar-refractivity contribution in [1.82, 2.24) is 0 Å². The largest absolute Gasteiger partial charge is 0.0859 e. The summed E-state index contributed by atoms with van der Waals surface area (Å²) in [4.78, 5) is 0. The predicted molar refractivity (Wildman–Crippen MR) is 52.7 cm³/mol. The van der Waals surface area contributed by atoms with E-state index in [1.54, 1.807) is 5.57 Å². The summed E-state index contributed by atoms with van der Waals surface area (Å²) in [7, 11) is 0. The standard InChI is InChI=1S/C11H22/c1-5-7-11(4)9-8-10(3)6-2/h7,10H,5-6,8-9H2,1-4H3/b11-7+. The second-order valence-electron chi connectivity index (χ2n) is 3.51. The SMILES string of the molecule is CC/C=C(\C)CCC(C)CC. The molecule has 66 valence electrons. The van der Waals surface area contributed by atoms with E-state index in [2.05, 4.69) is 33.8 Å². The van der Waals surface area contributed by atoms with Gasteiger partial charge in [0.05, 0.1) is 0 Å². The zero-order valence-corrected chi connectivity index (χ0v) is 8.48. The first-order valence-electron chi connectivity index (χ1n) is 4.86. The summed E-state index contributed by atoms with van der Waals surface area (Å²) < 4.78 is 0. The van der Waals surface area contributed by atoms with E-state index in [9.17, 15) is 0 Å². The summed E-state index contributed by atoms with van der Waals surface area (Å²) in [5, 5.41) is 0. The van der Waals surface area contributed by atoms with Gasteiger partial charge in [-0.25, -0.2) is 0 Å². The van der Waals surface area contributed by atoms with Crippen molar-refractivity contribution in [3.8, 4) is 0 Å². The number of rotatable bonds is 5. The van der Waals surface area contributed by atoms with Crippen molar-refractivity contribution in [2.75, 3.05) is 0 Å². The van der Waals surface area contributed by atoms with Crippen molar-refractivity contribution in [3.63, 3.8) is 0 Å². The third-order valence-corrected chi connectivity index (χ3v) is 2.28. The summed E-state index contributed by atoms with van der Waals surface area (Å²) in [5.74, 6) is 0.898. The number of allylic oxidation sites excluding steroid dienone is 2. The van der Waals surface area contributed by atoms with Gasteiger partial charge in [-0.1, -0.05) is 38.8 Å². The summed E-state index contributed by atoms with van der Waals surface area (Å²) >= 11 is 0. The monoisotopic (exact) mass is 154 g/mol. The highest BCUT2D eigenvalue weighted by molar-refractivity contribution is 4.97. The zero-order chi connectivity index (χ0) is 8.69. The molecule has 11 heavy (non-hydrogen) atoms. The van der Waals surface area contributed by atoms with Gasteiger partial charge in [-0.3, -0.25) is 0 Å². The summed E-state index contributed by atoms with van der Waals surface area (Å²) in [5.41, 5.74) is 1.56. The molecule has 0 heteroatoms. The first kappa shape index (κ1) is 10.7. The molecule has 0 aromatic carbocycles.